The van der Waals surface area contributed by atoms with E-state index in [1.54, 1.807) is 0 Å². The van der Waals surface area contributed by atoms with E-state index in [0.717, 1.165) is 19.3 Å². The molecule has 1 aromatic rings. The lowest BCUT2D eigenvalue weighted by Gasteiger charge is -2.29. The largest absolute Gasteiger partial charge is 0.368 e. The Balaban J connectivity index is 2.15. The Morgan fingerprint density at radius 2 is 2.29 bits per heavy atom. The molecule has 0 fully saturated rings. The molecule has 1 aliphatic rings. The highest BCUT2D eigenvalue weighted by Gasteiger charge is 2.23. The normalized spacial score (nSPS) is 20.6. The number of amides is 1. The van der Waals surface area contributed by atoms with Crippen molar-refractivity contribution in [1.82, 2.24) is 5.32 Å². The van der Waals surface area contributed by atoms with Crippen molar-refractivity contribution in [2.45, 2.75) is 44.7 Å². The number of carbonyl (C=O) groups excluding carboxylic acids is 1. The highest BCUT2D eigenvalue weighted by Crippen LogP contribution is 2.29. The SMILES string of the molecule is CCC(NC1CCCc2ccccc21)C(N)=O. The average Bonchev–Trinajstić information content (AvgIpc) is 2.35. The van der Waals surface area contributed by atoms with Gasteiger partial charge in [0.2, 0.25) is 5.91 Å². The van der Waals surface area contributed by atoms with E-state index in [1.807, 2.05) is 6.92 Å². The molecule has 3 nitrogen and oxygen atoms in total. The monoisotopic (exact) mass is 232 g/mol. The molecule has 1 aromatic carbocycles. The van der Waals surface area contributed by atoms with Crippen LogP contribution in [-0.2, 0) is 11.2 Å². The summed E-state index contributed by atoms with van der Waals surface area (Å²) in [4.78, 5) is 11.3. The minimum atomic E-state index is -0.254. The number of rotatable bonds is 4. The zero-order valence-electron chi connectivity index (χ0n) is 10.3. The molecule has 2 atom stereocenters. The van der Waals surface area contributed by atoms with Gasteiger partial charge in [0.15, 0.2) is 0 Å². The molecule has 0 aliphatic heterocycles. The number of nitrogens with two attached hydrogens (primary N) is 1. The predicted octanol–water partition coefficient (Wildman–Crippen LogP) is 1.92. The number of hydrogen-bond donors (Lipinski definition) is 2. The summed E-state index contributed by atoms with van der Waals surface area (Å²) >= 11 is 0. The van der Waals surface area contributed by atoms with E-state index in [1.165, 1.54) is 17.5 Å². The van der Waals surface area contributed by atoms with Crippen molar-refractivity contribution in [3.05, 3.63) is 35.4 Å². The Bertz CT molecular complexity index is 403. The third kappa shape index (κ3) is 2.67. The standard InChI is InChI=1S/C14H20N2O/c1-2-12(14(15)17)16-13-9-5-7-10-6-3-4-8-11(10)13/h3-4,6,8,12-13,16H,2,5,7,9H2,1H3,(H2,15,17). The second-order valence-electron chi connectivity index (χ2n) is 4.67. The highest BCUT2D eigenvalue weighted by molar-refractivity contribution is 5.79. The first-order valence-corrected chi connectivity index (χ1v) is 6.35. The van der Waals surface area contributed by atoms with Crippen molar-refractivity contribution in [2.75, 3.05) is 0 Å². The van der Waals surface area contributed by atoms with Crippen LogP contribution in [0.1, 0.15) is 43.4 Å². The number of primary amides is 1. The molecule has 0 saturated carbocycles. The van der Waals surface area contributed by atoms with Crippen LogP contribution >= 0.6 is 0 Å². The summed E-state index contributed by atoms with van der Waals surface area (Å²) in [5, 5.41) is 3.39. The van der Waals surface area contributed by atoms with Gasteiger partial charge in [0.05, 0.1) is 6.04 Å². The van der Waals surface area contributed by atoms with E-state index in [-0.39, 0.29) is 18.0 Å². The topological polar surface area (TPSA) is 55.1 Å². The van der Waals surface area contributed by atoms with Crippen LogP contribution in [0.15, 0.2) is 24.3 Å². The van der Waals surface area contributed by atoms with Gasteiger partial charge >= 0.3 is 0 Å². The van der Waals surface area contributed by atoms with E-state index < -0.39 is 0 Å². The second kappa shape index (κ2) is 5.32. The van der Waals surface area contributed by atoms with Crippen LogP contribution in [0.4, 0.5) is 0 Å². The second-order valence-corrected chi connectivity index (χ2v) is 4.67. The Morgan fingerprint density at radius 3 is 3.00 bits per heavy atom. The van der Waals surface area contributed by atoms with Crippen LogP contribution in [0.5, 0.6) is 0 Å². The summed E-state index contributed by atoms with van der Waals surface area (Å²) in [6.07, 6.45) is 4.14. The molecular weight excluding hydrogens is 212 g/mol. The molecule has 0 spiro atoms. The van der Waals surface area contributed by atoms with Crippen molar-refractivity contribution in [3.63, 3.8) is 0 Å². The molecule has 0 bridgehead atoms. The lowest BCUT2D eigenvalue weighted by molar-refractivity contribution is -0.120. The van der Waals surface area contributed by atoms with Crippen molar-refractivity contribution in [2.24, 2.45) is 5.73 Å². The van der Waals surface area contributed by atoms with E-state index >= 15 is 0 Å². The summed E-state index contributed by atoms with van der Waals surface area (Å²) in [7, 11) is 0. The molecule has 17 heavy (non-hydrogen) atoms. The first-order chi connectivity index (χ1) is 8.22. The summed E-state index contributed by atoms with van der Waals surface area (Å²) < 4.78 is 0. The van der Waals surface area contributed by atoms with Gasteiger partial charge in [0, 0.05) is 6.04 Å². The molecule has 3 N–H and O–H groups in total. The molecular formula is C14H20N2O. The highest BCUT2D eigenvalue weighted by atomic mass is 16.1. The number of nitrogens with one attached hydrogen (secondary N) is 1. The summed E-state index contributed by atoms with van der Waals surface area (Å²) in [6, 6.07) is 8.52. The van der Waals surface area contributed by atoms with Crippen LogP contribution < -0.4 is 11.1 Å². The maximum Gasteiger partial charge on any atom is 0.234 e. The van der Waals surface area contributed by atoms with Crippen molar-refractivity contribution >= 4 is 5.91 Å². The van der Waals surface area contributed by atoms with Crippen molar-refractivity contribution < 1.29 is 4.79 Å². The summed E-state index contributed by atoms with van der Waals surface area (Å²) in [5.74, 6) is -0.254. The minimum Gasteiger partial charge on any atom is -0.368 e. The fourth-order valence-corrected chi connectivity index (χ4v) is 2.57. The third-order valence-electron chi connectivity index (χ3n) is 3.52. The molecule has 0 aromatic heterocycles. The Labute approximate surface area is 102 Å². The van der Waals surface area contributed by atoms with Crippen LogP contribution in [0.3, 0.4) is 0 Å². The molecule has 92 valence electrons. The van der Waals surface area contributed by atoms with Crippen molar-refractivity contribution in [1.29, 1.82) is 0 Å². The van der Waals surface area contributed by atoms with Gasteiger partial charge in [-0.05, 0) is 36.8 Å². The smallest absolute Gasteiger partial charge is 0.234 e. The summed E-state index contributed by atoms with van der Waals surface area (Å²) in [6.45, 7) is 1.98. The zero-order chi connectivity index (χ0) is 12.3. The lowest BCUT2D eigenvalue weighted by Crippen LogP contribution is -2.43. The van der Waals surface area contributed by atoms with E-state index in [2.05, 4.69) is 29.6 Å². The number of carbonyl (C=O) groups is 1. The maximum absolute atomic E-state index is 11.3. The predicted molar refractivity (Wildman–Crippen MR) is 68.5 cm³/mol. The van der Waals surface area contributed by atoms with Crippen molar-refractivity contribution in [3.8, 4) is 0 Å². The first-order valence-electron chi connectivity index (χ1n) is 6.35. The van der Waals surface area contributed by atoms with Gasteiger partial charge in [0.25, 0.3) is 0 Å². The molecule has 2 rings (SSSR count). The van der Waals surface area contributed by atoms with E-state index in [0.29, 0.717) is 0 Å². The third-order valence-corrected chi connectivity index (χ3v) is 3.52. The molecule has 2 unspecified atom stereocenters. The van der Waals surface area contributed by atoms with Crippen LogP contribution in [0, 0.1) is 0 Å². The van der Waals surface area contributed by atoms with Gasteiger partial charge in [0.1, 0.15) is 0 Å². The quantitative estimate of drug-likeness (QED) is 0.833. The van der Waals surface area contributed by atoms with Gasteiger partial charge in [-0.2, -0.15) is 0 Å². The Morgan fingerprint density at radius 1 is 1.53 bits per heavy atom. The van der Waals surface area contributed by atoms with Crippen LogP contribution in [-0.4, -0.2) is 11.9 Å². The molecule has 1 amide bonds. The van der Waals surface area contributed by atoms with E-state index in [4.69, 9.17) is 5.73 Å². The molecule has 0 saturated heterocycles. The Kier molecular flexibility index (Phi) is 3.79. The zero-order valence-corrected chi connectivity index (χ0v) is 10.3. The van der Waals surface area contributed by atoms with Gasteiger partial charge in [-0.3, -0.25) is 10.1 Å². The van der Waals surface area contributed by atoms with Gasteiger partial charge in [-0.25, -0.2) is 0 Å². The molecule has 0 radical (unpaired) electrons. The number of fused-ring (bicyclic) bond motifs is 1. The fourth-order valence-electron chi connectivity index (χ4n) is 2.57. The van der Waals surface area contributed by atoms with Gasteiger partial charge in [-0.15, -0.1) is 0 Å². The summed E-state index contributed by atoms with van der Waals surface area (Å²) in [5.41, 5.74) is 8.11. The average molecular weight is 232 g/mol. The lowest BCUT2D eigenvalue weighted by atomic mass is 9.87. The minimum absolute atomic E-state index is 0.217. The number of aryl methyl sites for hydroxylation is 1. The Hall–Kier alpha value is -1.35. The molecule has 0 heterocycles. The molecule has 3 heteroatoms. The molecule has 1 aliphatic carbocycles. The maximum atomic E-state index is 11.3. The van der Waals surface area contributed by atoms with Gasteiger partial charge in [-0.1, -0.05) is 31.2 Å². The number of hydrogen-bond acceptors (Lipinski definition) is 2. The van der Waals surface area contributed by atoms with Gasteiger partial charge < -0.3 is 5.73 Å². The first kappa shape index (κ1) is 12.1. The van der Waals surface area contributed by atoms with Crippen LogP contribution in [0.25, 0.3) is 0 Å². The van der Waals surface area contributed by atoms with Crippen LogP contribution in [0.2, 0.25) is 0 Å². The van der Waals surface area contributed by atoms with E-state index in [9.17, 15) is 4.79 Å². The fraction of sp³-hybridized carbons (Fsp3) is 0.500. The number of benzene rings is 1.